The van der Waals surface area contributed by atoms with Gasteiger partial charge in [0.15, 0.2) is 18.2 Å². The molecule has 1 aliphatic heterocycles. The normalized spacial score (nSPS) is 14.3. The lowest BCUT2D eigenvalue weighted by Gasteiger charge is -2.25. The number of pyridine rings is 1. The highest BCUT2D eigenvalue weighted by Gasteiger charge is 2.33. The number of carbonyl (C=O) groups is 1. The van der Waals surface area contributed by atoms with Gasteiger partial charge in [-0.2, -0.15) is 13.2 Å². The van der Waals surface area contributed by atoms with E-state index in [0.29, 0.717) is 4.57 Å². The van der Waals surface area contributed by atoms with Gasteiger partial charge in [-0.15, -0.1) is 0 Å². The number of hydrogen-bond donors (Lipinski definition) is 1. The van der Waals surface area contributed by atoms with Crippen molar-refractivity contribution >= 4 is 11.7 Å². The first kappa shape index (κ1) is 15.8. The Morgan fingerprint density at radius 1 is 1.25 bits per heavy atom. The van der Waals surface area contributed by atoms with Crippen LogP contribution < -0.4 is 20.9 Å². The summed E-state index contributed by atoms with van der Waals surface area (Å²) in [5.74, 6) is -0.341. The van der Waals surface area contributed by atoms with E-state index in [-0.39, 0.29) is 30.1 Å². The number of hydrogen-bond acceptors (Lipinski definition) is 5. The van der Waals surface area contributed by atoms with Crippen LogP contribution in [-0.4, -0.2) is 34.1 Å². The van der Waals surface area contributed by atoms with Crippen LogP contribution in [0.1, 0.15) is 5.69 Å². The maximum absolute atomic E-state index is 12.6. The number of alkyl halides is 3. The number of likely N-dealkylation sites (N-methyl/N-ethyl adjacent to an activating group) is 1. The predicted molar refractivity (Wildman–Crippen MR) is 74.4 cm³/mol. The summed E-state index contributed by atoms with van der Waals surface area (Å²) in [6.45, 7) is -0.189. The predicted octanol–water partition coefficient (Wildman–Crippen LogP) is 0.295. The minimum Gasteiger partial charge on any atom is -0.480 e. The minimum absolute atomic E-state index is 0.0509. The number of H-pyrrole nitrogens is 1. The van der Waals surface area contributed by atoms with Gasteiger partial charge in [-0.05, 0) is 12.1 Å². The molecule has 2 aromatic rings. The number of ether oxygens (including phenoxy) is 1. The molecule has 0 saturated heterocycles. The first-order valence-corrected chi connectivity index (χ1v) is 6.53. The van der Waals surface area contributed by atoms with Crippen molar-refractivity contribution in [2.75, 3.05) is 18.6 Å². The van der Waals surface area contributed by atoms with Gasteiger partial charge in [0.2, 0.25) is 0 Å². The standard InChI is InChI=1S/C13H9F3N4O4/c1-19-10(22)5-24-6-2-3-8(18-11(6)19)20-9(21)4-7(13(14,15)16)17-12(20)23/h2-4H,5H2,1H3,(H,17,23). The van der Waals surface area contributed by atoms with Gasteiger partial charge < -0.3 is 9.72 Å². The number of aromatic amines is 1. The highest BCUT2D eigenvalue weighted by molar-refractivity contribution is 5.96. The van der Waals surface area contributed by atoms with Crippen LogP contribution in [0.4, 0.5) is 19.0 Å². The van der Waals surface area contributed by atoms with Gasteiger partial charge >= 0.3 is 11.9 Å². The molecule has 8 nitrogen and oxygen atoms in total. The van der Waals surface area contributed by atoms with Gasteiger partial charge in [-0.1, -0.05) is 0 Å². The van der Waals surface area contributed by atoms with Gasteiger partial charge in [-0.25, -0.2) is 14.3 Å². The van der Waals surface area contributed by atoms with Gasteiger partial charge in [0.25, 0.3) is 11.5 Å². The van der Waals surface area contributed by atoms with E-state index in [1.807, 2.05) is 0 Å². The highest BCUT2D eigenvalue weighted by Crippen LogP contribution is 2.29. The van der Waals surface area contributed by atoms with E-state index in [9.17, 15) is 27.6 Å². The molecule has 0 unspecified atom stereocenters. The Morgan fingerprint density at radius 3 is 2.58 bits per heavy atom. The lowest BCUT2D eigenvalue weighted by molar-refractivity contribution is -0.141. The van der Waals surface area contributed by atoms with Crippen molar-refractivity contribution in [2.24, 2.45) is 0 Å². The molecule has 2 aromatic heterocycles. The second kappa shape index (κ2) is 5.22. The average molecular weight is 342 g/mol. The lowest BCUT2D eigenvalue weighted by Crippen LogP contribution is -2.38. The van der Waals surface area contributed by atoms with Gasteiger partial charge in [-0.3, -0.25) is 14.5 Å². The second-order valence-corrected chi connectivity index (χ2v) is 4.89. The van der Waals surface area contributed by atoms with Gasteiger partial charge in [0.05, 0.1) is 0 Å². The van der Waals surface area contributed by atoms with E-state index in [0.717, 1.165) is 4.90 Å². The Labute approximate surface area is 131 Å². The third kappa shape index (κ3) is 2.53. The lowest BCUT2D eigenvalue weighted by atomic mass is 10.3. The Bertz CT molecular complexity index is 916. The molecule has 3 heterocycles. The molecular weight excluding hydrogens is 333 g/mol. The number of rotatable bonds is 1. The first-order chi connectivity index (χ1) is 11.2. The zero-order valence-corrected chi connectivity index (χ0v) is 12.0. The number of halogens is 3. The molecule has 0 bridgehead atoms. The monoisotopic (exact) mass is 342 g/mol. The third-order valence-electron chi connectivity index (χ3n) is 3.33. The number of anilines is 1. The summed E-state index contributed by atoms with van der Waals surface area (Å²) in [5.41, 5.74) is -3.96. The van der Waals surface area contributed by atoms with E-state index in [4.69, 9.17) is 4.74 Å². The fraction of sp³-hybridized carbons (Fsp3) is 0.231. The summed E-state index contributed by atoms with van der Waals surface area (Å²) in [7, 11) is 1.42. The van der Waals surface area contributed by atoms with Gasteiger partial charge in [0.1, 0.15) is 11.5 Å². The van der Waals surface area contributed by atoms with Crippen molar-refractivity contribution < 1.29 is 22.7 Å². The summed E-state index contributed by atoms with van der Waals surface area (Å²) >= 11 is 0. The van der Waals surface area contributed by atoms with Crippen LogP contribution in [0, 0.1) is 0 Å². The third-order valence-corrected chi connectivity index (χ3v) is 3.33. The van der Waals surface area contributed by atoms with Crippen LogP contribution in [0.5, 0.6) is 5.75 Å². The Morgan fingerprint density at radius 2 is 1.96 bits per heavy atom. The van der Waals surface area contributed by atoms with E-state index in [1.165, 1.54) is 19.2 Å². The van der Waals surface area contributed by atoms with E-state index >= 15 is 0 Å². The molecule has 1 aliphatic rings. The number of nitrogens with one attached hydrogen (secondary N) is 1. The SMILES string of the molecule is CN1C(=O)COc2ccc(-n3c(=O)cc(C(F)(F)F)[nH]c3=O)nc21. The van der Waals surface area contributed by atoms with Crippen molar-refractivity contribution in [2.45, 2.75) is 6.18 Å². The van der Waals surface area contributed by atoms with Gasteiger partial charge in [0, 0.05) is 13.1 Å². The summed E-state index contributed by atoms with van der Waals surface area (Å²) in [5, 5.41) is 0. The quantitative estimate of drug-likeness (QED) is 0.804. The van der Waals surface area contributed by atoms with Crippen LogP contribution in [0.2, 0.25) is 0 Å². The average Bonchev–Trinajstić information content (AvgIpc) is 2.50. The van der Waals surface area contributed by atoms with E-state index < -0.39 is 29.0 Å². The summed E-state index contributed by atoms with van der Waals surface area (Å²) < 4.78 is 43.4. The Kier molecular flexibility index (Phi) is 3.43. The minimum atomic E-state index is -4.86. The van der Waals surface area contributed by atoms with E-state index in [2.05, 4.69) is 4.98 Å². The van der Waals surface area contributed by atoms with Crippen molar-refractivity contribution in [1.82, 2.24) is 14.5 Å². The number of carbonyl (C=O) groups excluding carboxylic acids is 1. The molecule has 0 atom stereocenters. The molecule has 0 radical (unpaired) electrons. The molecule has 24 heavy (non-hydrogen) atoms. The maximum atomic E-state index is 12.6. The van der Waals surface area contributed by atoms with E-state index in [1.54, 1.807) is 4.98 Å². The topological polar surface area (TPSA) is 97.3 Å². The van der Waals surface area contributed by atoms with Crippen molar-refractivity contribution in [3.05, 3.63) is 44.7 Å². The van der Waals surface area contributed by atoms with Crippen molar-refractivity contribution in [1.29, 1.82) is 0 Å². The largest absolute Gasteiger partial charge is 0.480 e. The molecule has 0 aromatic carbocycles. The molecule has 1 N–H and O–H groups in total. The van der Waals surface area contributed by atoms with Crippen LogP contribution in [-0.2, 0) is 11.0 Å². The van der Waals surface area contributed by atoms with Crippen LogP contribution in [0.15, 0.2) is 27.8 Å². The van der Waals surface area contributed by atoms with Crippen molar-refractivity contribution in [3.63, 3.8) is 0 Å². The molecule has 0 saturated carbocycles. The number of aromatic nitrogens is 3. The summed E-state index contributed by atoms with van der Waals surface area (Å²) in [6.07, 6.45) is -4.86. The molecule has 126 valence electrons. The number of fused-ring (bicyclic) bond motifs is 1. The first-order valence-electron chi connectivity index (χ1n) is 6.53. The highest BCUT2D eigenvalue weighted by atomic mass is 19.4. The molecular formula is C13H9F3N4O4. The Balaban J connectivity index is 2.16. The molecule has 3 rings (SSSR count). The Hall–Kier alpha value is -3.11. The van der Waals surface area contributed by atoms with Crippen LogP contribution in [0.25, 0.3) is 5.82 Å². The number of nitrogens with zero attached hydrogens (tertiary/aromatic N) is 3. The summed E-state index contributed by atoms with van der Waals surface area (Å²) in [4.78, 5) is 42.1. The molecule has 0 fully saturated rings. The number of amides is 1. The molecule has 11 heteroatoms. The molecule has 0 spiro atoms. The zero-order chi connectivity index (χ0) is 17.6. The maximum Gasteiger partial charge on any atom is 0.431 e. The van der Waals surface area contributed by atoms with Crippen LogP contribution in [0.3, 0.4) is 0 Å². The fourth-order valence-electron chi connectivity index (χ4n) is 2.12. The zero-order valence-electron chi connectivity index (χ0n) is 12.0. The second-order valence-electron chi connectivity index (χ2n) is 4.89. The smallest absolute Gasteiger partial charge is 0.431 e. The molecule has 0 aliphatic carbocycles. The summed E-state index contributed by atoms with van der Waals surface area (Å²) in [6, 6.07) is 2.85. The fourth-order valence-corrected chi connectivity index (χ4v) is 2.12. The van der Waals surface area contributed by atoms with Crippen LogP contribution >= 0.6 is 0 Å². The van der Waals surface area contributed by atoms with Crippen molar-refractivity contribution in [3.8, 4) is 11.6 Å². The molecule has 1 amide bonds.